The summed E-state index contributed by atoms with van der Waals surface area (Å²) in [4.78, 5) is 11.3. The van der Waals surface area contributed by atoms with Crippen molar-refractivity contribution in [3.63, 3.8) is 0 Å². The smallest absolute Gasteiger partial charge is 0.335 e. The van der Waals surface area contributed by atoms with Gasteiger partial charge in [0.2, 0.25) is 0 Å². The van der Waals surface area contributed by atoms with Crippen LogP contribution < -0.4 is 4.74 Å². The molecule has 0 saturated carbocycles. The Balaban J connectivity index is 1.57. The van der Waals surface area contributed by atoms with E-state index in [1.54, 1.807) is 24.3 Å². The average Bonchev–Trinajstić information content (AvgIpc) is 3.22. The van der Waals surface area contributed by atoms with Gasteiger partial charge in [0.25, 0.3) is 0 Å². The zero-order chi connectivity index (χ0) is 21.8. The summed E-state index contributed by atoms with van der Waals surface area (Å²) < 4.78 is 21.2. The zero-order valence-electron chi connectivity index (χ0n) is 16.5. The first-order valence-corrected chi connectivity index (χ1v) is 10.0. The van der Waals surface area contributed by atoms with Crippen molar-refractivity contribution >= 4 is 17.6 Å². The standard InChI is InChI=1S/C25H19ClFNO3/c26-23-15-20(27)11-10-19(23)16-31-24-9-2-1-5-17(24)13-22-8-4-12-28(22)21-7-3-6-18(14-21)25(29)30/h1-12,14-15H,13,16H2,(H,29,30). The van der Waals surface area contributed by atoms with Crippen LogP contribution in [0.15, 0.2) is 85.1 Å². The van der Waals surface area contributed by atoms with E-state index in [2.05, 4.69) is 0 Å². The van der Waals surface area contributed by atoms with Gasteiger partial charge in [-0.25, -0.2) is 9.18 Å². The Bertz CT molecular complexity index is 1230. The van der Waals surface area contributed by atoms with Crippen LogP contribution in [0.5, 0.6) is 5.75 Å². The topological polar surface area (TPSA) is 51.5 Å². The lowest BCUT2D eigenvalue weighted by atomic mass is 10.1. The van der Waals surface area contributed by atoms with Gasteiger partial charge in [-0.15, -0.1) is 0 Å². The molecule has 1 heterocycles. The summed E-state index contributed by atoms with van der Waals surface area (Å²) in [5.74, 6) is -0.648. The van der Waals surface area contributed by atoms with Crippen molar-refractivity contribution in [3.05, 3.63) is 118 Å². The van der Waals surface area contributed by atoms with Gasteiger partial charge in [-0.1, -0.05) is 41.9 Å². The number of ether oxygens (including phenoxy) is 1. The summed E-state index contributed by atoms with van der Waals surface area (Å²) in [5, 5.41) is 9.60. The highest BCUT2D eigenvalue weighted by atomic mass is 35.5. The van der Waals surface area contributed by atoms with Gasteiger partial charge in [0.1, 0.15) is 18.2 Å². The molecule has 0 aliphatic carbocycles. The van der Waals surface area contributed by atoms with Crippen LogP contribution in [0, 0.1) is 5.82 Å². The summed E-state index contributed by atoms with van der Waals surface area (Å²) in [5.41, 5.74) is 3.66. The molecule has 0 spiro atoms. The number of benzene rings is 3. The van der Waals surface area contributed by atoms with Gasteiger partial charge >= 0.3 is 5.97 Å². The second-order valence-corrected chi connectivity index (χ2v) is 7.44. The number of hydrogen-bond donors (Lipinski definition) is 1. The van der Waals surface area contributed by atoms with Crippen molar-refractivity contribution in [2.75, 3.05) is 0 Å². The Morgan fingerprint density at radius 1 is 0.968 bits per heavy atom. The molecule has 0 fully saturated rings. The fraction of sp³-hybridized carbons (Fsp3) is 0.0800. The molecule has 0 aliphatic heterocycles. The first-order valence-electron chi connectivity index (χ1n) is 9.66. The van der Waals surface area contributed by atoms with Crippen molar-refractivity contribution < 1.29 is 19.0 Å². The molecule has 1 N–H and O–H groups in total. The molecule has 0 atom stereocenters. The third kappa shape index (κ3) is 4.78. The third-order valence-electron chi connectivity index (χ3n) is 4.95. The number of aromatic carboxylic acids is 1. The Morgan fingerprint density at radius 2 is 1.81 bits per heavy atom. The van der Waals surface area contributed by atoms with Crippen LogP contribution in [-0.2, 0) is 13.0 Å². The van der Waals surface area contributed by atoms with Crippen LogP contribution in [0.3, 0.4) is 0 Å². The fourth-order valence-electron chi connectivity index (χ4n) is 3.38. The normalized spacial score (nSPS) is 10.8. The van der Waals surface area contributed by atoms with Gasteiger partial charge < -0.3 is 14.4 Å². The summed E-state index contributed by atoms with van der Waals surface area (Å²) in [6.07, 6.45) is 2.48. The maximum absolute atomic E-state index is 13.3. The molecule has 4 aromatic rings. The molecule has 4 nitrogen and oxygen atoms in total. The van der Waals surface area contributed by atoms with E-state index in [9.17, 15) is 14.3 Å². The van der Waals surface area contributed by atoms with Crippen LogP contribution in [0.4, 0.5) is 4.39 Å². The molecule has 31 heavy (non-hydrogen) atoms. The van der Waals surface area contributed by atoms with Crippen molar-refractivity contribution in [2.24, 2.45) is 0 Å². The highest BCUT2D eigenvalue weighted by Crippen LogP contribution is 2.26. The number of carboxylic acid groups (broad SMARTS) is 1. The maximum Gasteiger partial charge on any atom is 0.335 e. The van der Waals surface area contributed by atoms with E-state index in [4.69, 9.17) is 16.3 Å². The van der Waals surface area contributed by atoms with E-state index >= 15 is 0 Å². The summed E-state index contributed by atoms with van der Waals surface area (Å²) in [7, 11) is 0. The fourth-order valence-corrected chi connectivity index (χ4v) is 3.60. The molecule has 6 heteroatoms. The van der Waals surface area contributed by atoms with Crippen molar-refractivity contribution in [1.29, 1.82) is 0 Å². The van der Waals surface area contributed by atoms with Crippen molar-refractivity contribution in [1.82, 2.24) is 4.57 Å². The minimum absolute atomic E-state index is 0.220. The number of carboxylic acids is 1. The quantitative estimate of drug-likeness (QED) is 0.379. The lowest BCUT2D eigenvalue weighted by Gasteiger charge is -2.14. The Hall–Kier alpha value is -3.57. The molecule has 0 unspecified atom stereocenters. The monoisotopic (exact) mass is 435 g/mol. The molecule has 4 rings (SSSR count). The molecule has 0 saturated heterocycles. The van der Waals surface area contributed by atoms with E-state index in [1.807, 2.05) is 53.2 Å². The Kier molecular flexibility index (Phi) is 6.05. The van der Waals surface area contributed by atoms with E-state index in [0.717, 1.165) is 16.9 Å². The lowest BCUT2D eigenvalue weighted by molar-refractivity contribution is 0.0697. The number of nitrogens with zero attached hydrogens (tertiary/aromatic N) is 1. The molecule has 3 aromatic carbocycles. The summed E-state index contributed by atoms with van der Waals surface area (Å²) >= 11 is 6.11. The van der Waals surface area contributed by atoms with Crippen LogP contribution >= 0.6 is 11.6 Å². The molecule has 0 aliphatic rings. The highest BCUT2D eigenvalue weighted by molar-refractivity contribution is 6.31. The molecule has 0 amide bonds. The van der Waals surface area contributed by atoms with Crippen LogP contribution in [-0.4, -0.2) is 15.6 Å². The van der Waals surface area contributed by atoms with Gasteiger partial charge in [-0.2, -0.15) is 0 Å². The predicted molar refractivity (Wildman–Crippen MR) is 118 cm³/mol. The highest BCUT2D eigenvalue weighted by Gasteiger charge is 2.11. The number of rotatable bonds is 7. The second kappa shape index (κ2) is 9.06. The second-order valence-electron chi connectivity index (χ2n) is 7.03. The molecule has 156 valence electrons. The van der Waals surface area contributed by atoms with Gasteiger partial charge in [0.15, 0.2) is 0 Å². The van der Waals surface area contributed by atoms with E-state index in [1.165, 1.54) is 12.1 Å². The number of hydrogen-bond acceptors (Lipinski definition) is 2. The minimum Gasteiger partial charge on any atom is -0.489 e. The first-order chi connectivity index (χ1) is 15.0. The molecule has 1 aromatic heterocycles. The third-order valence-corrected chi connectivity index (χ3v) is 5.30. The summed E-state index contributed by atoms with van der Waals surface area (Å²) in [6.45, 7) is 0.220. The van der Waals surface area contributed by atoms with E-state index < -0.39 is 5.97 Å². The SMILES string of the molecule is O=C(O)c1cccc(-n2cccc2Cc2ccccc2OCc2ccc(F)cc2Cl)c1. The van der Waals surface area contributed by atoms with Crippen molar-refractivity contribution in [3.8, 4) is 11.4 Å². The van der Waals surface area contributed by atoms with E-state index in [-0.39, 0.29) is 18.0 Å². The zero-order valence-corrected chi connectivity index (χ0v) is 17.2. The predicted octanol–water partition coefficient (Wildman–Crippen LogP) is 6.14. The largest absolute Gasteiger partial charge is 0.489 e. The van der Waals surface area contributed by atoms with Gasteiger partial charge in [0, 0.05) is 35.1 Å². The van der Waals surface area contributed by atoms with Crippen LogP contribution in [0.1, 0.15) is 27.2 Å². The molecular formula is C25H19ClFNO3. The van der Waals surface area contributed by atoms with E-state index in [0.29, 0.717) is 22.8 Å². The van der Waals surface area contributed by atoms with Gasteiger partial charge in [0.05, 0.1) is 10.6 Å². The van der Waals surface area contributed by atoms with Crippen LogP contribution in [0.2, 0.25) is 5.02 Å². The minimum atomic E-state index is -0.964. The molecule has 0 radical (unpaired) electrons. The van der Waals surface area contributed by atoms with Crippen molar-refractivity contribution in [2.45, 2.75) is 13.0 Å². The number of carbonyl (C=O) groups is 1. The van der Waals surface area contributed by atoms with Crippen LogP contribution in [0.25, 0.3) is 5.69 Å². The molecular weight excluding hydrogens is 417 g/mol. The number of aromatic nitrogens is 1. The summed E-state index contributed by atoms with van der Waals surface area (Å²) in [6, 6.07) is 22.6. The molecule has 0 bridgehead atoms. The first kappa shape index (κ1) is 20.7. The number of halogens is 2. The lowest BCUT2D eigenvalue weighted by Crippen LogP contribution is -2.04. The Morgan fingerprint density at radius 3 is 2.61 bits per heavy atom. The Labute approximate surface area is 184 Å². The average molecular weight is 436 g/mol. The van der Waals surface area contributed by atoms with Gasteiger partial charge in [-0.05, 0) is 48.5 Å². The van der Waals surface area contributed by atoms with Gasteiger partial charge in [-0.3, -0.25) is 0 Å². The number of para-hydroxylation sites is 1. The maximum atomic E-state index is 13.3.